The molecule has 0 bridgehead atoms. The highest BCUT2D eigenvalue weighted by Gasteiger charge is 2.07. The molecule has 30 heavy (non-hydrogen) atoms. The number of aromatic amines is 1. The molecule has 7 nitrogen and oxygen atoms in total. The van der Waals surface area contributed by atoms with Gasteiger partial charge in [-0.25, -0.2) is 4.99 Å². The van der Waals surface area contributed by atoms with Gasteiger partial charge in [-0.3, -0.25) is 0 Å². The van der Waals surface area contributed by atoms with Crippen LogP contribution in [0.1, 0.15) is 18.1 Å². The highest BCUT2D eigenvalue weighted by atomic mass is 16.5. The predicted molar refractivity (Wildman–Crippen MR) is 120 cm³/mol. The smallest absolute Gasteiger partial charge is 0.191 e. The van der Waals surface area contributed by atoms with E-state index in [0.717, 1.165) is 36.6 Å². The number of aromatic nitrogens is 1. The van der Waals surface area contributed by atoms with Crippen molar-refractivity contribution < 1.29 is 14.6 Å². The third kappa shape index (κ3) is 5.67. The molecule has 160 valence electrons. The van der Waals surface area contributed by atoms with E-state index in [0.29, 0.717) is 18.0 Å². The van der Waals surface area contributed by atoms with Gasteiger partial charge in [0.15, 0.2) is 17.5 Å². The highest BCUT2D eigenvalue weighted by molar-refractivity contribution is 5.83. The maximum atomic E-state index is 8.93. The zero-order chi connectivity index (χ0) is 21.2. The average Bonchev–Trinajstić information content (AvgIpc) is 3.19. The van der Waals surface area contributed by atoms with E-state index in [1.807, 2.05) is 31.2 Å². The molecule has 3 aromatic rings. The third-order valence-electron chi connectivity index (χ3n) is 4.70. The van der Waals surface area contributed by atoms with Crippen molar-refractivity contribution in [2.45, 2.75) is 19.9 Å². The number of methoxy groups -OCH3 is 1. The Morgan fingerprint density at radius 2 is 2.00 bits per heavy atom. The molecule has 0 aliphatic heterocycles. The Bertz CT molecular complexity index is 968. The van der Waals surface area contributed by atoms with Gasteiger partial charge in [-0.1, -0.05) is 24.3 Å². The number of hydrogen-bond acceptors (Lipinski definition) is 4. The summed E-state index contributed by atoms with van der Waals surface area (Å²) in [5, 5.41) is 16.9. The van der Waals surface area contributed by atoms with Crippen molar-refractivity contribution in [3.63, 3.8) is 0 Å². The van der Waals surface area contributed by atoms with Crippen molar-refractivity contribution in [1.29, 1.82) is 0 Å². The maximum Gasteiger partial charge on any atom is 0.191 e. The average molecular weight is 411 g/mol. The summed E-state index contributed by atoms with van der Waals surface area (Å²) in [4.78, 5) is 8.00. The normalized spacial score (nSPS) is 11.5. The van der Waals surface area contributed by atoms with Crippen LogP contribution in [-0.2, 0) is 13.0 Å². The molecule has 0 spiro atoms. The Hall–Kier alpha value is -3.19. The van der Waals surface area contributed by atoms with E-state index in [1.165, 1.54) is 10.9 Å². The zero-order valence-electron chi connectivity index (χ0n) is 17.6. The second kappa shape index (κ2) is 11.1. The molecule has 0 amide bonds. The molecule has 0 aliphatic carbocycles. The fraction of sp³-hybridized carbons (Fsp3) is 0.348. The predicted octanol–water partition coefficient (Wildman–Crippen LogP) is 2.85. The topological polar surface area (TPSA) is 90.9 Å². The van der Waals surface area contributed by atoms with Gasteiger partial charge in [0, 0.05) is 30.2 Å². The summed E-state index contributed by atoms with van der Waals surface area (Å²) in [7, 11) is 1.60. The van der Waals surface area contributed by atoms with Gasteiger partial charge >= 0.3 is 0 Å². The minimum absolute atomic E-state index is 0.0362. The first-order chi connectivity index (χ1) is 14.7. The number of benzene rings is 2. The molecule has 0 saturated heterocycles. The number of fused-ring (bicyclic) bond motifs is 1. The lowest BCUT2D eigenvalue weighted by Crippen LogP contribution is -2.38. The van der Waals surface area contributed by atoms with Crippen LogP contribution in [0.5, 0.6) is 11.5 Å². The number of H-pyrrole nitrogens is 1. The van der Waals surface area contributed by atoms with Crippen LogP contribution in [0.3, 0.4) is 0 Å². The van der Waals surface area contributed by atoms with E-state index in [9.17, 15) is 0 Å². The molecule has 3 rings (SSSR count). The van der Waals surface area contributed by atoms with Gasteiger partial charge in [0.1, 0.15) is 6.61 Å². The van der Waals surface area contributed by atoms with Crippen molar-refractivity contribution >= 4 is 16.9 Å². The Balaban J connectivity index is 1.60. The molecule has 0 unspecified atom stereocenters. The van der Waals surface area contributed by atoms with Gasteiger partial charge in [0.05, 0.1) is 20.3 Å². The minimum Gasteiger partial charge on any atom is -0.493 e. The number of para-hydroxylation sites is 1. The van der Waals surface area contributed by atoms with Crippen LogP contribution < -0.4 is 20.1 Å². The number of ether oxygens (including phenoxy) is 2. The summed E-state index contributed by atoms with van der Waals surface area (Å²) in [5.74, 6) is 2.02. The molecular formula is C23H30N4O3. The van der Waals surface area contributed by atoms with Crippen molar-refractivity contribution in [2.24, 2.45) is 4.99 Å². The molecule has 4 N–H and O–H groups in total. The molecule has 0 atom stereocenters. The quantitative estimate of drug-likeness (QED) is 0.305. The van der Waals surface area contributed by atoms with Crippen LogP contribution in [0.25, 0.3) is 10.9 Å². The van der Waals surface area contributed by atoms with Gasteiger partial charge in [0.25, 0.3) is 0 Å². The minimum atomic E-state index is -0.0362. The van der Waals surface area contributed by atoms with Crippen molar-refractivity contribution in [3.05, 3.63) is 59.8 Å². The number of aliphatic imine (C=N–C) groups is 1. The number of nitrogens with one attached hydrogen (secondary N) is 3. The molecule has 1 aromatic heterocycles. The summed E-state index contributed by atoms with van der Waals surface area (Å²) in [6.45, 7) is 4.33. The Labute approximate surface area is 177 Å². The number of guanidine groups is 1. The van der Waals surface area contributed by atoms with Gasteiger partial charge < -0.3 is 30.2 Å². The summed E-state index contributed by atoms with van der Waals surface area (Å²) in [6.07, 6.45) is 2.97. The van der Waals surface area contributed by atoms with Crippen LogP contribution in [0.15, 0.2) is 53.7 Å². The molecule has 0 saturated carbocycles. The first kappa shape index (κ1) is 21.5. The maximum absolute atomic E-state index is 8.93. The fourth-order valence-corrected chi connectivity index (χ4v) is 3.25. The molecule has 7 heteroatoms. The summed E-state index contributed by atoms with van der Waals surface area (Å²) in [5.41, 5.74) is 3.46. The van der Waals surface area contributed by atoms with Crippen molar-refractivity contribution in [2.75, 3.05) is 33.4 Å². The summed E-state index contributed by atoms with van der Waals surface area (Å²) < 4.78 is 10.9. The Morgan fingerprint density at radius 3 is 2.80 bits per heavy atom. The van der Waals surface area contributed by atoms with Gasteiger partial charge in [0.2, 0.25) is 0 Å². The van der Waals surface area contributed by atoms with Gasteiger partial charge in [-0.2, -0.15) is 0 Å². The lowest BCUT2D eigenvalue weighted by molar-refractivity contribution is 0.196. The summed E-state index contributed by atoms with van der Waals surface area (Å²) >= 11 is 0. The number of aliphatic hydroxyl groups excluding tert-OH is 1. The van der Waals surface area contributed by atoms with E-state index in [4.69, 9.17) is 14.6 Å². The standard InChI is InChI=1S/C23H30N4O3/c1-3-24-23(25-11-10-18-16-26-20-7-5-4-6-19(18)20)27-15-17-8-9-21(30-13-12-28)22(14-17)29-2/h4-9,14,16,26,28H,3,10-13,15H2,1-2H3,(H2,24,25,27). The largest absolute Gasteiger partial charge is 0.493 e. The van der Waals surface area contributed by atoms with Gasteiger partial charge in [-0.15, -0.1) is 0 Å². The van der Waals surface area contributed by atoms with Crippen LogP contribution in [0.4, 0.5) is 0 Å². The van der Waals surface area contributed by atoms with E-state index in [1.54, 1.807) is 7.11 Å². The van der Waals surface area contributed by atoms with E-state index in [-0.39, 0.29) is 13.2 Å². The molecule has 0 aliphatic rings. The molecule has 1 heterocycles. The fourth-order valence-electron chi connectivity index (χ4n) is 3.25. The van der Waals surface area contributed by atoms with Gasteiger partial charge in [-0.05, 0) is 42.7 Å². The first-order valence-electron chi connectivity index (χ1n) is 10.2. The second-order valence-corrected chi connectivity index (χ2v) is 6.79. The zero-order valence-corrected chi connectivity index (χ0v) is 17.6. The van der Waals surface area contributed by atoms with E-state index < -0.39 is 0 Å². The van der Waals surface area contributed by atoms with Crippen molar-refractivity contribution in [1.82, 2.24) is 15.6 Å². The first-order valence-corrected chi connectivity index (χ1v) is 10.2. The van der Waals surface area contributed by atoms with Crippen LogP contribution >= 0.6 is 0 Å². The van der Waals surface area contributed by atoms with Crippen LogP contribution in [0, 0.1) is 0 Å². The monoisotopic (exact) mass is 410 g/mol. The Morgan fingerprint density at radius 1 is 1.13 bits per heavy atom. The van der Waals surface area contributed by atoms with E-state index >= 15 is 0 Å². The lowest BCUT2D eigenvalue weighted by atomic mass is 10.1. The number of rotatable bonds is 10. The van der Waals surface area contributed by atoms with Crippen LogP contribution in [-0.4, -0.2) is 49.5 Å². The summed E-state index contributed by atoms with van der Waals surface area (Å²) in [6, 6.07) is 14.0. The van der Waals surface area contributed by atoms with Crippen LogP contribution in [0.2, 0.25) is 0 Å². The molecule has 2 aromatic carbocycles. The SMILES string of the molecule is CCNC(=NCc1ccc(OCCO)c(OC)c1)NCCc1c[nH]c2ccccc12. The molecule has 0 fully saturated rings. The Kier molecular flexibility index (Phi) is 7.97. The van der Waals surface area contributed by atoms with Crippen molar-refractivity contribution in [3.8, 4) is 11.5 Å². The third-order valence-corrected chi connectivity index (χ3v) is 4.70. The number of nitrogens with zero attached hydrogens (tertiary/aromatic N) is 1. The molecule has 0 radical (unpaired) electrons. The van der Waals surface area contributed by atoms with E-state index in [2.05, 4.69) is 45.0 Å². The number of aliphatic hydroxyl groups is 1. The number of hydrogen-bond donors (Lipinski definition) is 4. The lowest BCUT2D eigenvalue weighted by Gasteiger charge is -2.13. The molecular weight excluding hydrogens is 380 g/mol. The highest BCUT2D eigenvalue weighted by Crippen LogP contribution is 2.28. The second-order valence-electron chi connectivity index (χ2n) is 6.79.